The largest absolute Gasteiger partial charge is 0.366 e. The zero-order valence-corrected chi connectivity index (χ0v) is 10.3. The molecule has 4 nitrogen and oxygen atoms in total. The maximum absolute atomic E-state index is 11.5. The molecule has 0 aromatic heterocycles. The van der Waals surface area contributed by atoms with Gasteiger partial charge < -0.3 is 15.4 Å². The number of carbonyl (C=O) groups is 1. The van der Waals surface area contributed by atoms with E-state index in [9.17, 15) is 4.79 Å². The minimum atomic E-state index is -0.120. The Balaban J connectivity index is 1.77. The van der Waals surface area contributed by atoms with Gasteiger partial charge in [0.05, 0.1) is 6.10 Å². The van der Waals surface area contributed by atoms with E-state index in [-0.39, 0.29) is 18.6 Å². The fourth-order valence-corrected chi connectivity index (χ4v) is 1.74. The lowest BCUT2D eigenvalue weighted by atomic mass is 10.2. The van der Waals surface area contributed by atoms with Crippen LogP contribution in [-0.4, -0.2) is 31.7 Å². The standard InChI is InChI=1S/C11H13BrN2O2/c12-8-2-1-3-9(4-8)14-11(15)7-16-10-5-13-6-10/h1-4,10,13H,5-7H2,(H,14,15). The number of hydrogen-bond acceptors (Lipinski definition) is 3. The van der Waals surface area contributed by atoms with Crippen LogP contribution in [0.3, 0.4) is 0 Å². The van der Waals surface area contributed by atoms with Gasteiger partial charge in [0.2, 0.25) is 5.91 Å². The zero-order chi connectivity index (χ0) is 11.4. The van der Waals surface area contributed by atoms with Crippen molar-refractivity contribution in [3.05, 3.63) is 28.7 Å². The van der Waals surface area contributed by atoms with Gasteiger partial charge in [0.15, 0.2) is 0 Å². The second kappa shape index (κ2) is 5.43. The van der Waals surface area contributed by atoms with E-state index in [2.05, 4.69) is 26.6 Å². The Hall–Kier alpha value is -0.910. The first-order valence-corrected chi connectivity index (χ1v) is 5.91. The van der Waals surface area contributed by atoms with Crippen molar-refractivity contribution in [1.29, 1.82) is 0 Å². The maximum atomic E-state index is 11.5. The highest BCUT2D eigenvalue weighted by molar-refractivity contribution is 9.10. The summed E-state index contributed by atoms with van der Waals surface area (Å²) in [4.78, 5) is 11.5. The molecular weight excluding hydrogens is 272 g/mol. The molecule has 0 spiro atoms. The summed E-state index contributed by atoms with van der Waals surface area (Å²) in [5, 5.41) is 5.85. The van der Waals surface area contributed by atoms with Crippen LogP contribution in [0.4, 0.5) is 5.69 Å². The van der Waals surface area contributed by atoms with Gasteiger partial charge in [-0.1, -0.05) is 22.0 Å². The Morgan fingerprint density at radius 2 is 2.38 bits per heavy atom. The van der Waals surface area contributed by atoms with Gasteiger partial charge in [-0.2, -0.15) is 0 Å². The second-order valence-electron chi connectivity index (χ2n) is 3.65. The fraction of sp³-hybridized carbons (Fsp3) is 0.364. The van der Waals surface area contributed by atoms with Crippen LogP contribution in [0.1, 0.15) is 0 Å². The minimum Gasteiger partial charge on any atom is -0.366 e. The predicted octanol–water partition coefficient (Wildman–Crippen LogP) is 1.38. The Morgan fingerprint density at radius 1 is 1.56 bits per heavy atom. The summed E-state index contributed by atoms with van der Waals surface area (Å²) in [6.07, 6.45) is 0.188. The third kappa shape index (κ3) is 3.30. The molecular formula is C11H13BrN2O2. The van der Waals surface area contributed by atoms with Crippen molar-refractivity contribution in [1.82, 2.24) is 5.32 Å². The molecule has 1 aliphatic rings. The molecule has 1 saturated heterocycles. The molecule has 1 aromatic rings. The molecule has 16 heavy (non-hydrogen) atoms. The SMILES string of the molecule is O=C(COC1CNC1)Nc1cccc(Br)c1. The highest BCUT2D eigenvalue weighted by Gasteiger charge is 2.18. The molecule has 1 aromatic carbocycles. The number of amides is 1. The van der Waals surface area contributed by atoms with Gasteiger partial charge in [-0.05, 0) is 18.2 Å². The van der Waals surface area contributed by atoms with Crippen LogP contribution in [0.15, 0.2) is 28.7 Å². The molecule has 1 aliphatic heterocycles. The predicted molar refractivity (Wildman–Crippen MR) is 65.4 cm³/mol. The molecule has 0 unspecified atom stereocenters. The summed E-state index contributed by atoms with van der Waals surface area (Å²) in [5.41, 5.74) is 0.773. The van der Waals surface area contributed by atoms with Crippen LogP contribution in [0, 0.1) is 0 Å². The van der Waals surface area contributed by atoms with E-state index in [0.717, 1.165) is 23.2 Å². The molecule has 0 atom stereocenters. The van der Waals surface area contributed by atoms with Gasteiger partial charge in [-0.15, -0.1) is 0 Å². The number of benzene rings is 1. The first-order valence-electron chi connectivity index (χ1n) is 5.12. The first kappa shape index (κ1) is 11.6. The first-order chi connectivity index (χ1) is 7.74. The van der Waals surface area contributed by atoms with Crippen molar-refractivity contribution in [2.24, 2.45) is 0 Å². The van der Waals surface area contributed by atoms with Gasteiger partial charge in [-0.25, -0.2) is 0 Å². The molecule has 0 saturated carbocycles. The number of rotatable bonds is 4. The van der Waals surface area contributed by atoms with Gasteiger partial charge in [-0.3, -0.25) is 4.79 Å². The zero-order valence-electron chi connectivity index (χ0n) is 8.70. The van der Waals surface area contributed by atoms with Crippen LogP contribution in [0.5, 0.6) is 0 Å². The lowest BCUT2D eigenvalue weighted by molar-refractivity contribution is -0.123. The molecule has 1 fully saturated rings. The van der Waals surface area contributed by atoms with Crippen LogP contribution in [0.2, 0.25) is 0 Å². The van der Waals surface area contributed by atoms with Crippen molar-refractivity contribution in [3.8, 4) is 0 Å². The molecule has 5 heteroatoms. The van der Waals surface area contributed by atoms with Crippen LogP contribution < -0.4 is 10.6 Å². The van der Waals surface area contributed by atoms with E-state index in [0.29, 0.717) is 0 Å². The molecule has 1 heterocycles. The summed E-state index contributed by atoms with van der Waals surface area (Å²) in [5.74, 6) is -0.120. The second-order valence-corrected chi connectivity index (χ2v) is 4.57. The van der Waals surface area contributed by atoms with Crippen LogP contribution >= 0.6 is 15.9 Å². The van der Waals surface area contributed by atoms with Gasteiger partial charge >= 0.3 is 0 Å². The number of anilines is 1. The van der Waals surface area contributed by atoms with Crippen LogP contribution in [-0.2, 0) is 9.53 Å². The van der Waals surface area contributed by atoms with Gasteiger partial charge in [0.25, 0.3) is 0 Å². The number of nitrogens with one attached hydrogen (secondary N) is 2. The van der Waals surface area contributed by atoms with Crippen LogP contribution in [0.25, 0.3) is 0 Å². The monoisotopic (exact) mass is 284 g/mol. The quantitative estimate of drug-likeness (QED) is 0.878. The van der Waals surface area contributed by atoms with E-state index >= 15 is 0 Å². The Morgan fingerprint density at radius 3 is 3.00 bits per heavy atom. The highest BCUT2D eigenvalue weighted by atomic mass is 79.9. The summed E-state index contributed by atoms with van der Waals surface area (Å²) >= 11 is 3.34. The average molecular weight is 285 g/mol. The Kier molecular flexibility index (Phi) is 3.93. The molecule has 1 amide bonds. The van der Waals surface area contributed by atoms with Crippen molar-refractivity contribution >= 4 is 27.5 Å². The maximum Gasteiger partial charge on any atom is 0.250 e. The lowest BCUT2D eigenvalue weighted by Gasteiger charge is -2.26. The van der Waals surface area contributed by atoms with Crippen molar-refractivity contribution in [2.75, 3.05) is 25.0 Å². The van der Waals surface area contributed by atoms with Gasteiger partial charge in [0.1, 0.15) is 6.61 Å². The van der Waals surface area contributed by atoms with E-state index in [1.165, 1.54) is 0 Å². The Bertz CT molecular complexity index is 380. The average Bonchev–Trinajstić information content (AvgIpc) is 2.15. The third-order valence-electron chi connectivity index (χ3n) is 2.30. The highest BCUT2D eigenvalue weighted by Crippen LogP contribution is 2.15. The number of ether oxygens (including phenoxy) is 1. The van der Waals surface area contributed by atoms with Crippen molar-refractivity contribution < 1.29 is 9.53 Å². The minimum absolute atomic E-state index is 0.110. The summed E-state index contributed by atoms with van der Waals surface area (Å²) in [6.45, 7) is 1.78. The number of halogens is 1. The molecule has 86 valence electrons. The summed E-state index contributed by atoms with van der Waals surface area (Å²) in [6, 6.07) is 7.47. The third-order valence-corrected chi connectivity index (χ3v) is 2.80. The van der Waals surface area contributed by atoms with E-state index < -0.39 is 0 Å². The Labute approximate surface area is 102 Å². The topological polar surface area (TPSA) is 50.4 Å². The van der Waals surface area contributed by atoms with E-state index in [1.807, 2.05) is 24.3 Å². The molecule has 0 radical (unpaired) electrons. The fourth-order valence-electron chi connectivity index (χ4n) is 1.34. The molecule has 0 bridgehead atoms. The summed E-state index contributed by atoms with van der Waals surface area (Å²) < 4.78 is 6.30. The van der Waals surface area contributed by atoms with Gasteiger partial charge in [0, 0.05) is 23.2 Å². The summed E-state index contributed by atoms with van der Waals surface area (Å²) in [7, 11) is 0. The smallest absolute Gasteiger partial charge is 0.250 e. The number of carbonyl (C=O) groups excluding carboxylic acids is 1. The van der Waals surface area contributed by atoms with Crippen molar-refractivity contribution in [2.45, 2.75) is 6.10 Å². The molecule has 2 rings (SSSR count). The lowest BCUT2D eigenvalue weighted by Crippen LogP contribution is -2.49. The van der Waals surface area contributed by atoms with E-state index in [1.54, 1.807) is 0 Å². The normalized spacial score (nSPS) is 15.6. The van der Waals surface area contributed by atoms with E-state index in [4.69, 9.17) is 4.74 Å². The van der Waals surface area contributed by atoms with Crippen molar-refractivity contribution in [3.63, 3.8) is 0 Å². The number of hydrogen-bond donors (Lipinski definition) is 2. The molecule has 0 aliphatic carbocycles. The molecule has 2 N–H and O–H groups in total.